The Morgan fingerprint density at radius 2 is 1.34 bits per heavy atom. The molecule has 1 aliphatic rings. The quantitative estimate of drug-likeness (QED) is 0.237. The fourth-order valence-corrected chi connectivity index (χ4v) is 4.57. The number of Topliss-reactive ketones (excluding diaryl/α,β-unsaturated/α-hetero) is 1. The van der Waals surface area contributed by atoms with Crippen molar-refractivity contribution < 1.29 is 19.2 Å². The molecule has 6 heteroatoms. The number of urea groups is 1. The normalized spacial score (nSPS) is 17.7. The Balaban J connectivity index is 1.60. The van der Waals surface area contributed by atoms with Gasteiger partial charge in [0, 0.05) is 11.1 Å². The molecular formula is C29H22N2O4. The molecule has 0 N–H and O–H groups in total. The van der Waals surface area contributed by atoms with Gasteiger partial charge in [0.05, 0.1) is 6.54 Å². The van der Waals surface area contributed by atoms with E-state index in [1.54, 1.807) is 91.9 Å². The van der Waals surface area contributed by atoms with Crippen molar-refractivity contribution in [2.75, 3.05) is 6.54 Å². The van der Waals surface area contributed by atoms with E-state index in [4.69, 9.17) is 0 Å². The van der Waals surface area contributed by atoms with Gasteiger partial charge in [0.25, 0.3) is 11.8 Å². The summed E-state index contributed by atoms with van der Waals surface area (Å²) < 4.78 is 0. The van der Waals surface area contributed by atoms with Crippen LogP contribution in [0.2, 0.25) is 0 Å². The maximum Gasteiger partial charge on any atom is 0.335 e. The van der Waals surface area contributed by atoms with Crippen LogP contribution in [0.4, 0.5) is 4.79 Å². The van der Waals surface area contributed by atoms with Gasteiger partial charge in [-0.05, 0) is 29.3 Å². The highest BCUT2D eigenvalue weighted by Gasteiger charge is 2.58. The summed E-state index contributed by atoms with van der Waals surface area (Å²) >= 11 is 0. The van der Waals surface area contributed by atoms with Crippen molar-refractivity contribution in [2.45, 2.75) is 12.5 Å². The Labute approximate surface area is 202 Å². The predicted molar refractivity (Wildman–Crippen MR) is 132 cm³/mol. The van der Waals surface area contributed by atoms with Gasteiger partial charge < -0.3 is 0 Å². The molecule has 6 nitrogen and oxygen atoms in total. The SMILES string of the molecule is CC1(c2ccccc2)C(=O)N(C(=O)c2cccc3ccccc23)C(=O)N1CC(=O)c1ccccc1. The number of carbonyl (C=O) groups is 4. The molecule has 0 radical (unpaired) electrons. The molecule has 0 aromatic heterocycles. The monoisotopic (exact) mass is 462 g/mol. The fraction of sp³-hybridized carbons (Fsp3) is 0.103. The minimum atomic E-state index is -1.52. The van der Waals surface area contributed by atoms with E-state index in [0.29, 0.717) is 21.4 Å². The third-order valence-electron chi connectivity index (χ3n) is 6.54. The Morgan fingerprint density at radius 1 is 0.743 bits per heavy atom. The Hall–Kier alpha value is -4.58. The topological polar surface area (TPSA) is 74.8 Å². The van der Waals surface area contributed by atoms with Crippen LogP contribution in [0.15, 0.2) is 103 Å². The minimum absolute atomic E-state index is 0.247. The predicted octanol–water partition coefficient (Wildman–Crippen LogP) is 5.04. The molecule has 172 valence electrons. The van der Waals surface area contributed by atoms with Crippen molar-refractivity contribution >= 4 is 34.4 Å². The molecule has 4 aromatic carbocycles. The number of fused-ring (bicyclic) bond motifs is 1. The van der Waals surface area contributed by atoms with Crippen LogP contribution < -0.4 is 0 Å². The second-order valence-corrected chi connectivity index (χ2v) is 8.57. The van der Waals surface area contributed by atoms with Gasteiger partial charge in [-0.2, -0.15) is 4.90 Å². The number of amides is 4. The average molecular weight is 463 g/mol. The van der Waals surface area contributed by atoms with Crippen molar-refractivity contribution in [3.05, 3.63) is 120 Å². The number of imide groups is 3. The number of benzene rings is 4. The highest BCUT2D eigenvalue weighted by molar-refractivity contribution is 6.25. The molecule has 5 rings (SSSR count). The van der Waals surface area contributed by atoms with Crippen molar-refractivity contribution in [3.8, 4) is 0 Å². The van der Waals surface area contributed by atoms with Gasteiger partial charge in [0.1, 0.15) is 5.54 Å². The van der Waals surface area contributed by atoms with Crippen molar-refractivity contribution in [1.29, 1.82) is 0 Å². The first-order chi connectivity index (χ1) is 16.9. The van der Waals surface area contributed by atoms with Crippen molar-refractivity contribution in [1.82, 2.24) is 9.80 Å². The zero-order valence-electron chi connectivity index (χ0n) is 19.0. The third-order valence-corrected chi connectivity index (χ3v) is 6.54. The Morgan fingerprint density at radius 3 is 2.06 bits per heavy atom. The largest absolute Gasteiger partial charge is 0.335 e. The number of hydrogen-bond acceptors (Lipinski definition) is 4. The van der Waals surface area contributed by atoms with E-state index in [1.807, 2.05) is 18.2 Å². The maximum absolute atomic E-state index is 13.8. The number of hydrogen-bond donors (Lipinski definition) is 0. The van der Waals surface area contributed by atoms with E-state index in [2.05, 4.69) is 0 Å². The molecule has 1 atom stereocenters. The molecule has 1 aliphatic heterocycles. The van der Waals surface area contributed by atoms with Gasteiger partial charge >= 0.3 is 6.03 Å². The summed E-state index contributed by atoms with van der Waals surface area (Å²) in [5, 5.41) is 1.46. The van der Waals surface area contributed by atoms with Crippen LogP contribution in [-0.2, 0) is 10.3 Å². The number of rotatable bonds is 5. The smallest absolute Gasteiger partial charge is 0.298 e. The zero-order valence-corrected chi connectivity index (χ0v) is 19.0. The number of ketones is 1. The molecule has 0 aliphatic carbocycles. The van der Waals surface area contributed by atoms with E-state index in [-0.39, 0.29) is 17.9 Å². The van der Waals surface area contributed by atoms with E-state index in [9.17, 15) is 19.2 Å². The van der Waals surface area contributed by atoms with E-state index < -0.39 is 23.4 Å². The molecular weight excluding hydrogens is 440 g/mol. The van der Waals surface area contributed by atoms with E-state index >= 15 is 0 Å². The van der Waals surface area contributed by atoms with Crippen LogP contribution in [0.25, 0.3) is 10.8 Å². The Kier molecular flexibility index (Phi) is 5.49. The molecule has 4 aromatic rings. The second kappa shape index (κ2) is 8.65. The summed E-state index contributed by atoms with van der Waals surface area (Å²) in [6.45, 7) is 1.23. The molecule has 1 heterocycles. The second-order valence-electron chi connectivity index (χ2n) is 8.57. The summed E-state index contributed by atoms with van der Waals surface area (Å²) in [5.74, 6) is -1.73. The summed E-state index contributed by atoms with van der Waals surface area (Å²) in [6.07, 6.45) is 0. The molecule has 0 saturated carbocycles. The van der Waals surface area contributed by atoms with Crippen molar-refractivity contribution in [3.63, 3.8) is 0 Å². The first-order valence-electron chi connectivity index (χ1n) is 11.2. The standard InChI is InChI=1S/C29H22N2O4/c1-29(22-15-6-3-7-16-22)27(34)31(26(33)24-18-10-14-20-11-8-9-17-23(20)24)28(35)30(29)19-25(32)21-12-4-2-5-13-21/h2-18H,19H2,1H3. The summed E-state index contributed by atoms with van der Waals surface area (Å²) in [5.41, 5.74) is -0.339. The van der Waals surface area contributed by atoms with E-state index in [1.165, 1.54) is 4.90 Å². The highest BCUT2D eigenvalue weighted by Crippen LogP contribution is 2.38. The molecule has 35 heavy (non-hydrogen) atoms. The van der Waals surface area contributed by atoms with Crippen LogP contribution in [0.3, 0.4) is 0 Å². The van der Waals surface area contributed by atoms with Gasteiger partial charge in [-0.3, -0.25) is 19.3 Å². The summed E-state index contributed by atoms with van der Waals surface area (Å²) in [6, 6.07) is 29.0. The lowest BCUT2D eigenvalue weighted by molar-refractivity contribution is -0.131. The molecule has 4 amide bonds. The van der Waals surface area contributed by atoms with Crippen LogP contribution in [-0.4, -0.2) is 40.0 Å². The van der Waals surface area contributed by atoms with Crippen LogP contribution in [0, 0.1) is 0 Å². The number of carbonyl (C=O) groups excluding carboxylic acids is 4. The lowest BCUT2D eigenvalue weighted by Crippen LogP contribution is -2.46. The molecule has 1 unspecified atom stereocenters. The maximum atomic E-state index is 13.8. The lowest BCUT2D eigenvalue weighted by Gasteiger charge is -2.31. The van der Waals surface area contributed by atoms with Gasteiger partial charge in [-0.1, -0.05) is 97.1 Å². The molecule has 0 bridgehead atoms. The van der Waals surface area contributed by atoms with Crippen LogP contribution in [0.5, 0.6) is 0 Å². The van der Waals surface area contributed by atoms with E-state index in [0.717, 1.165) is 5.39 Å². The Bertz CT molecular complexity index is 1460. The average Bonchev–Trinajstić information content (AvgIpc) is 3.09. The van der Waals surface area contributed by atoms with Crippen LogP contribution >= 0.6 is 0 Å². The minimum Gasteiger partial charge on any atom is -0.298 e. The van der Waals surface area contributed by atoms with Crippen LogP contribution in [0.1, 0.15) is 33.2 Å². The van der Waals surface area contributed by atoms with Crippen molar-refractivity contribution in [2.24, 2.45) is 0 Å². The van der Waals surface area contributed by atoms with Gasteiger partial charge in [-0.15, -0.1) is 0 Å². The first-order valence-corrected chi connectivity index (χ1v) is 11.2. The molecule has 0 spiro atoms. The molecule has 1 saturated heterocycles. The summed E-state index contributed by atoms with van der Waals surface area (Å²) in [7, 11) is 0. The fourth-order valence-electron chi connectivity index (χ4n) is 4.57. The summed E-state index contributed by atoms with van der Waals surface area (Å²) in [4.78, 5) is 56.2. The lowest BCUT2D eigenvalue weighted by atomic mass is 9.90. The molecule has 1 fully saturated rings. The number of nitrogens with zero attached hydrogens (tertiary/aromatic N) is 2. The first kappa shape index (κ1) is 22.2. The van der Waals surface area contributed by atoms with Gasteiger partial charge in [0.2, 0.25) is 0 Å². The van der Waals surface area contributed by atoms with Gasteiger partial charge in [-0.25, -0.2) is 4.79 Å². The van der Waals surface area contributed by atoms with Gasteiger partial charge in [0.15, 0.2) is 5.78 Å². The highest BCUT2D eigenvalue weighted by atomic mass is 16.2. The zero-order chi connectivity index (χ0) is 24.6. The third kappa shape index (κ3) is 3.60.